The number of hydrogen-bond acceptors (Lipinski definition) is 2. The van der Waals surface area contributed by atoms with Gasteiger partial charge in [0.1, 0.15) is 0 Å². The zero-order valence-electron chi connectivity index (χ0n) is 8.15. The number of aromatic nitrogens is 1. The van der Waals surface area contributed by atoms with Crippen molar-refractivity contribution in [2.75, 3.05) is 6.61 Å². The van der Waals surface area contributed by atoms with Gasteiger partial charge in [-0.2, -0.15) is 0 Å². The van der Waals surface area contributed by atoms with E-state index in [-0.39, 0.29) is 13.2 Å². The van der Waals surface area contributed by atoms with Crippen LogP contribution in [0.15, 0.2) is 24.3 Å². The molecule has 80 valence electrons. The van der Waals surface area contributed by atoms with Crippen LogP contribution in [0.5, 0.6) is 0 Å². The summed E-state index contributed by atoms with van der Waals surface area (Å²) in [6, 6.07) is 7.44. The molecule has 0 unspecified atom stereocenters. The molecule has 15 heavy (non-hydrogen) atoms. The molecule has 0 saturated heterocycles. The molecule has 1 aromatic heterocycles. The van der Waals surface area contributed by atoms with Gasteiger partial charge in [-0.3, -0.25) is 0 Å². The third-order valence-corrected chi connectivity index (χ3v) is 2.67. The molecule has 0 aliphatic heterocycles. The van der Waals surface area contributed by atoms with Gasteiger partial charge in [-0.05, 0) is 24.3 Å². The van der Waals surface area contributed by atoms with Crippen molar-refractivity contribution in [3.05, 3.63) is 35.0 Å². The zero-order valence-corrected chi connectivity index (χ0v) is 8.91. The average molecular weight is 226 g/mol. The van der Waals surface area contributed by atoms with Crippen LogP contribution in [0.1, 0.15) is 5.69 Å². The van der Waals surface area contributed by atoms with Gasteiger partial charge in [0.2, 0.25) is 0 Å². The van der Waals surface area contributed by atoms with E-state index in [0.717, 1.165) is 16.6 Å². The standard InChI is InChI=1S/C11H12ClNO2/c12-9-1-2-11-8(5-9)6-10(7-15)13(11)3-4-14/h1-2,5-6,14-15H,3-4,7H2. The predicted octanol–water partition coefficient (Wildman–Crippen LogP) is 1.78. The summed E-state index contributed by atoms with van der Waals surface area (Å²) in [6.07, 6.45) is 0. The molecule has 0 atom stereocenters. The average Bonchev–Trinajstić information content (AvgIpc) is 2.56. The van der Waals surface area contributed by atoms with Crippen LogP contribution in [0, 0.1) is 0 Å². The van der Waals surface area contributed by atoms with E-state index < -0.39 is 0 Å². The Morgan fingerprint density at radius 3 is 2.67 bits per heavy atom. The molecule has 0 saturated carbocycles. The molecule has 1 aromatic carbocycles. The number of aliphatic hydroxyl groups is 2. The third-order valence-electron chi connectivity index (χ3n) is 2.43. The number of halogens is 1. The van der Waals surface area contributed by atoms with Gasteiger partial charge in [-0.1, -0.05) is 11.6 Å². The van der Waals surface area contributed by atoms with Crippen LogP contribution in [0.25, 0.3) is 10.9 Å². The SMILES string of the molecule is OCCn1c(CO)cc2cc(Cl)ccc21. The maximum absolute atomic E-state index is 9.18. The first-order valence-corrected chi connectivity index (χ1v) is 5.13. The molecule has 0 aliphatic carbocycles. The maximum Gasteiger partial charge on any atom is 0.0833 e. The van der Waals surface area contributed by atoms with Crippen molar-refractivity contribution in [2.24, 2.45) is 0 Å². The van der Waals surface area contributed by atoms with Gasteiger partial charge in [-0.25, -0.2) is 0 Å². The number of hydrogen-bond donors (Lipinski definition) is 2. The van der Waals surface area contributed by atoms with Crippen molar-refractivity contribution in [3.8, 4) is 0 Å². The van der Waals surface area contributed by atoms with Gasteiger partial charge in [0.15, 0.2) is 0 Å². The van der Waals surface area contributed by atoms with Crippen LogP contribution in [0.2, 0.25) is 5.02 Å². The Bertz CT molecular complexity index is 479. The lowest BCUT2D eigenvalue weighted by Gasteiger charge is -2.06. The van der Waals surface area contributed by atoms with Crippen LogP contribution in [0.4, 0.5) is 0 Å². The van der Waals surface area contributed by atoms with Gasteiger partial charge in [0.25, 0.3) is 0 Å². The molecule has 0 aliphatic rings. The predicted molar refractivity (Wildman–Crippen MR) is 60.0 cm³/mol. The maximum atomic E-state index is 9.18. The van der Waals surface area contributed by atoms with Crippen molar-refractivity contribution in [2.45, 2.75) is 13.2 Å². The third kappa shape index (κ3) is 1.86. The summed E-state index contributed by atoms with van der Waals surface area (Å²) in [7, 11) is 0. The Morgan fingerprint density at radius 1 is 1.20 bits per heavy atom. The van der Waals surface area contributed by atoms with Crippen LogP contribution >= 0.6 is 11.6 Å². The minimum Gasteiger partial charge on any atom is -0.395 e. The fourth-order valence-corrected chi connectivity index (χ4v) is 1.97. The summed E-state index contributed by atoms with van der Waals surface area (Å²) >= 11 is 5.88. The smallest absolute Gasteiger partial charge is 0.0833 e. The highest BCUT2D eigenvalue weighted by Crippen LogP contribution is 2.23. The minimum atomic E-state index is -0.0354. The molecule has 0 bridgehead atoms. The summed E-state index contributed by atoms with van der Waals surface area (Å²) in [5, 5.41) is 19.8. The molecule has 0 radical (unpaired) electrons. The van der Waals surface area contributed by atoms with E-state index in [1.165, 1.54) is 0 Å². The molecule has 0 fully saturated rings. The highest BCUT2D eigenvalue weighted by molar-refractivity contribution is 6.31. The van der Waals surface area contributed by atoms with Gasteiger partial charge in [-0.15, -0.1) is 0 Å². The molecule has 3 nitrogen and oxygen atoms in total. The first-order valence-electron chi connectivity index (χ1n) is 4.75. The largest absolute Gasteiger partial charge is 0.395 e. The van der Waals surface area contributed by atoms with Crippen LogP contribution in [-0.2, 0) is 13.2 Å². The molecule has 2 aromatic rings. The number of nitrogens with zero attached hydrogens (tertiary/aromatic N) is 1. The minimum absolute atomic E-state index is 0.0354. The van der Waals surface area contributed by atoms with Crippen molar-refractivity contribution in [3.63, 3.8) is 0 Å². The van der Waals surface area contributed by atoms with Crippen molar-refractivity contribution in [1.82, 2.24) is 4.57 Å². The summed E-state index contributed by atoms with van der Waals surface area (Å²) in [5.41, 5.74) is 1.78. The molecule has 1 heterocycles. The van der Waals surface area contributed by atoms with Gasteiger partial charge < -0.3 is 14.8 Å². The van der Waals surface area contributed by atoms with E-state index in [2.05, 4.69) is 0 Å². The highest BCUT2D eigenvalue weighted by atomic mass is 35.5. The number of aliphatic hydroxyl groups excluding tert-OH is 2. The second-order valence-electron chi connectivity index (χ2n) is 3.37. The van der Waals surface area contributed by atoms with Crippen molar-refractivity contribution in [1.29, 1.82) is 0 Å². The van der Waals surface area contributed by atoms with Gasteiger partial charge >= 0.3 is 0 Å². The number of fused-ring (bicyclic) bond motifs is 1. The lowest BCUT2D eigenvalue weighted by Crippen LogP contribution is -2.05. The Labute approximate surface area is 92.5 Å². The molecular weight excluding hydrogens is 214 g/mol. The van der Waals surface area contributed by atoms with E-state index in [9.17, 15) is 5.11 Å². The molecule has 2 N–H and O–H groups in total. The first kappa shape index (κ1) is 10.5. The van der Waals surface area contributed by atoms with Crippen LogP contribution in [-0.4, -0.2) is 21.4 Å². The van der Waals surface area contributed by atoms with Gasteiger partial charge in [0.05, 0.1) is 13.2 Å². The highest BCUT2D eigenvalue weighted by Gasteiger charge is 2.07. The number of rotatable bonds is 3. The quantitative estimate of drug-likeness (QED) is 0.837. The molecule has 4 heteroatoms. The normalized spacial score (nSPS) is 11.1. The summed E-state index contributed by atoms with van der Waals surface area (Å²) in [5.74, 6) is 0. The Balaban J connectivity index is 2.63. The topological polar surface area (TPSA) is 45.4 Å². The van der Waals surface area contributed by atoms with E-state index >= 15 is 0 Å². The van der Waals surface area contributed by atoms with E-state index in [0.29, 0.717) is 11.6 Å². The van der Waals surface area contributed by atoms with Crippen LogP contribution in [0.3, 0.4) is 0 Å². The Kier molecular flexibility index (Phi) is 2.95. The molecule has 0 amide bonds. The lowest BCUT2D eigenvalue weighted by atomic mass is 10.2. The molecule has 0 spiro atoms. The zero-order chi connectivity index (χ0) is 10.8. The lowest BCUT2D eigenvalue weighted by molar-refractivity contribution is 0.253. The Morgan fingerprint density at radius 2 is 2.00 bits per heavy atom. The second kappa shape index (κ2) is 4.23. The fraction of sp³-hybridized carbons (Fsp3) is 0.273. The summed E-state index contributed by atoms with van der Waals surface area (Å²) < 4.78 is 1.89. The van der Waals surface area contributed by atoms with E-state index in [1.807, 2.05) is 22.8 Å². The monoisotopic (exact) mass is 225 g/mol. The second-order valence-corrected chi connectivity index (χ2v) is 3.81. The van der Waals surface area contributed by atoms with E-state index in [4.69, 9.17) is 16.7 Å². The van der Waals surface area contributed by atoms with Crippen molar-refractivity contribution >= 4 is 22.5 Å². The fourth-order valence-electron chi connectivity index (χ4n) is 1.79. The summed E-state index contributed by atoms with van der Waals surface area (Å²) in [6.45, 7) is 0.507. The first-order chi connectivity index (χ1) is 7.26. The van der Waals surface area contributed by atoms with E-state index in [1.54, 1.807) is 6.07 Å². The Hall–Kier alpha value is -1.03. The summed E-state index contributed by atoms with van der Waals surface area (Å²) in [4.78, 5) is 0. The van der Waals surface area contributed by atoms with Crippen LogP contribution < -0.4 is 0 Å². The molecule has 2 rings (SSSR count). The van der Waals surface area contributed by atoms with Gasteiger partial charge in [0, 0.05) is 28.2 Å². The molecular formula is C11H12ClNO2. The van der Waals surface area contributed by atoms with Crippen molar-refractivity contribution < 1.29 is 10.2 Å². The number of benzene rings is 1.